The van der Waals surface area contributed by atoms with Crippen LogP contribution in [0.15, 0.2) is 0 Å². The molecular formula is C21H38. The molecule has 3 saturated carbocycles. The molecule has 3 aliphatic carbocycles. The van der Waals surface area contributed by atoms with E-state index in [1.54, 1.807) is 19.3 Å². The highest BCUT2D eigenvalue weighted by Gasteiger charge is 2.60. The van der Waals surface area contributed by atoms with E-state index in [1.807, 2.05) is 0 Å². The van der Waals surface area contributed by atoms with Crippen LogP contribution in [0.4, 0.5) is 0 Å². The number of rotatable bonds is 4. The van der Waals surface area contributed by atoms with Crippen molar-refractivity contribution in [1.82, 2.24) is 0 Å². The van der Waals surface area contributed by atoms with Gasteiger partial charge in [-0.15, -0.1) is 0 Å². The number of hydrogen-bond donors (Lipinski definition) is 0. The van der Waals surface area contributed by atoms with Crippen molar-refractivity contribution in [2.75, 3.05) is 0 Å². The summed E-state index contributed by atoms with van der Waals surface area (Å²) in [6.07, 6.45) is 13.4. The van der Waals surface area contributed by atoms with E-state index in [2.05, 4.69) is 34.6 Å². The molecule has 7 atom stereocenters. The molecule has 0 heterocycles. The Balaban J connectivity index is 1.85. The van der Waals surface area contributed by atoms with Crippen LogP contribution in [-0.4, -0.2) is 0 Å². The monoisotopic (exact) mass is 290 g/mol. The third-order valence-corrected chi connectivity index (χ3v) is 8.88. The first kappa shape index (κ1) is 15.9. The first-order valence-corrected chi connectivity index (χ1v) is 10.0. The van der Waals surface area contributed by atoms with Crippen LogP contribution >= 0.6 is 0 Å². The molecule has 0 spiro atoms. The summed E-state index contributed by atoms with van der Waals surface area (Å²) in [5, 5.41) is 0. The van der Waals surface area contributed by atoms with E-state index in [0.717, 1.165) is 29.6 Å². The molecule has 0 N–H and O–H groups in total. The topological polar surface area (TPSA) is 0 Å². The first-order chi connectivity index (χ1) is 10.0. The van der Waals surface area contributed by atoms with Crippen molar-refractivity contribution in [3.63, 3.8) is 0 Å². The van der Waals surface area contributed by atoms with Gasteiger partial charge in [0.15, 0.2) is 0 Å². The Bertz CT molecular complexity index is 372. The van der Waals surface area contributed by atoms with E-state index in [9.17, 15) is 0 Å². The summed E-state index contributed by atoms with van der Waals surface area (Å²) in [7, 11) is 0. The molecule has 0 aromatic heterocycles. The molecule has 0 aromatic carbocycles. The van der Waals surface area contributed by atoms with Crippen LogP contribution in [0.3, 0.4) is 0 Å². The maximum Gasteiger partial charge on any atom is -0.0264 e. The second kappa shape index (κ2) is 5.57. The Labute approximate surface area is 133 Å². The van der Waals surface area contributed by atoms with Crippen LogP contribution in [0.25, 0.3) is 0 Å². The minimum atomic E-state index is 0.687. The summed E-state index contributed by atoms with van der Waals surface area (Å²) >= 11 is 0. The van der Waals surface area contributed by atoms with Crippen LogP contribution in [0, 0.1) is 40.4 Å². The molecule has 0 amide bonds. The SMILES string of the molecule is CCCC1(CC)CCC2C(CC3(C)C(CC)CCC23)[C@@H]1C. The van der Waals surface area contributed by atoms with Crippen LogP contribution < -0.4 is 0 Å². The van der Waals surface area contributed by atoms with Crippen molar-refractivity contribution < 1.29 is 0 Å². The quantitative estimate of drug-likeness (QED) is 0.541. The van der Waals surface area contributed by atoms with Crippen molar-refractivity contribution >= 4 is 0 Å². The third-order valence-electron chi connectivity index (χ3n) is 8.88. The summed E-state index contributed by atoms with van der Waals surface area (Å²) in [4.78, 5) is 0. The predicted molar refractivity (Wildman–Crippen MR) is 92.2 cm³/mol. The van der Waals surface area contributed by atoms with Crippen LogP contribution in [0.2, 0.25) is 0 Å². The van der Waals surface area contributed by atoms with E-state index < -0.39 is 0 Å². The van der Waals surface area contributed by atoms with E-state index in [4.69, 9.17) is 0 Å². The zero-order valence-electron chi connectivity index (χ0n) is 15.3. The Hall–Kier alpha value is 0. The Morgan fingerprint density at radius 1 is 1.00 bits per heavy atom. The van der Waals surface area contributed by atoms with Gasteiger partial charge < -0.3 is 0 Å². The third kappa shape index (κ3) is 2.14. The van der Waals surface area contributed by atoms with Crippen molar-refractivity contribution in [2.24, 2.45) is 40.4 Å². The highest BCUT2D eigenvalue weighted by Crippen LogP contribution is 2.68. The molecule has 0 nitrogen and oxygen atoms in total. The number of fused-ring (bicyclic) bond motifs is 3. The fraction of sp³-hybridized carbons (Fsp3) is 1.00. The molecule has 0 saturated heterocycles. The largest absolute Gasteiger partial charge is 0.0654 e. The van der Waals surface area contributed by atoms with E-state index in [-0.39, 0.29) is 0 Å². The van der Waals surface area contributed by atoms with Crippen molar-refractivity contribution in [3.05, 3.63) is 0 Å². The van der Waals surface area contributed by atoms with Gasteiger partial charge in [-0.05, 0) is 78.9 Å². The highest BCUT2D eigenvalue weighted by atomic mass is 14.7. The minimum Gasteiger partial charge on any atom is -0.0654 e. The predicted octanol–water partition coefficient (Wildman–Crippen LogP) is 6.69. The first-order valence-electron chi connectivity index (χ1n) is 10.0. The van der Waals surface area contributed by atoms with Gasteiger partial charge in [0.25, 0.3) is 0 Å². The Morgan fingerprint density at radius 2 is 1.76 bits per heavy atom. The van der Waals surface area contributed by atoms with Crippen LogP contribution in [0.1, 0.15) is 92.4 Å². The van der Waals surface area contributed by atoms with Gasteiger partial charge in [-0.1, -0.05) is 53.9 Å². The Kier molecular flexibility index (Phi) is 4.21. The van der Waals surface area contributed by atoms with Gasteiger partial charge >= 0.3 is 0 Å². The zero-order chi connectivity index (χ0) is 15.3. The van der Waals surface area contributed by atoms with Crippen LogP contribution in [-0.2, 0) is 0 Å². The van der Waals surface area contributed by atoms with Crippen molar-refractivity contribution in [3.8, 4) is 0 Å². The van der Waals surface area contributed by atoms with Gasteiger partial charge in [-0.2, -0.15) is 0 Å². The molecule has 3 rings (SSSR count). The zero-order valence-corrected chi connectivity index (χ0v) is 15.3. The molecule has 6 unspecified atom stereocenters. The molecular weight excluding hydrogens is 252 g/mol. The average Bonchev–Trinajstić information content (AvgIpc) is 2.94. The van der Waals surface area contributed by atoms with Crippen molar-refractivity contribution in [1.29, 1.82) is 0 Å². The molecule has 0 aromatic rings. The van der Waals surface area contributed by atoms with Gasteiger partial charge in [0.2, 0.25) is 0 Å². The van der Waals surface area contributed by atoms with Crippen molar-refractivity contribution in [2.45, 2.75) is 92.4 Å². The van der Waals surface area contributed by atoms with E-state index >= 15 is 0 Å². The molecule has 0 radical (unpaired) electrons. The average molecular weight is 291 g/mol. The van der Waals surface area contributed by atoms with Gasteiger partial charge in [0.05, 0.1) is 0 Å². The molecule has 0 bridgehead atoms. The summed E-state index contributed by atoms with van der Waals surface area (Å²) < 4.78 is 0. The van der Waals surface area contributed by atoms with E-state index in [0.29, 0.717) is 10.8 Å². The fourth-order valence-corrected chi connectivity index (χ4v) is 7.62. The summed E-state index contributed by atoms with van der Waals surface area (Å²) in [5.41, 5.74) is 1.39. The van der Waals surface area contributed by atoms with Gasteiger partial charge in [-0.25, -0.2) is 0 Å². The second-order valence-corrected chi connectivity index (χ2v) is 9.12. The Morgan fingerprint density at radius 3 is 2.38 bits per heavy atom. The smallest absolute Gasteiger partial charge is 0.0264 e. The standard InChI is InChI=1S/C21H38/c1-6-12-21(8-3)13-11-17-18(15(21)4)14-20(5)16(7-2)9-10-19(17)20/h15-19H,6-14H2,1-5H3/t15-,16?,17?,18?,19?,20?,21?/m0/s1. The second-order valence-electron chi connectivity index (χ2n) is 9.12. The van der Waals surface area contributed by atoms with Gasteiger partial charge in [-0.3, -0.25) is 0 Å². The van der Waals surface area contributed by atoms with E-state index in [1.165, 1.54) is 38.5 Å². The summed E-state index contributed by atoms with van der Waals surface area (Å²) in [6, 6.07) is 0. The number of hydrogen-bond acceptors (Lipinski definition) is 0. The maximum atomic E-state index is 2.68. The fourth-order valence-electron chi connectivity index (χ4n) is 7.62. The maximum absolute atomic E-state index is 2.68. The summed E-state index contributed by atoms with van der Waals surface area (Å²) in [5.74, 6) is 5.21. The molecule has 3 fully saturated rings. The molecule has 122 valence electrons. The molecule has 0 aliphatic heterocycles. The lowest BCUT2D eigenvalue weighted by atomic mass is 9.56. The molecule has 0 heteroatoms. The summed E-state index contributed by atoms with van der Waals surface area (Å²) in [6.45, 7) is 12.6. The molecule has 3 aliphatic rings. The highest BCUT2D eigenvalue weighted by molar-refractivity contribution is 5.09. The van der Waals surface area contributed by atoms with Gasteiger partial charge in [0, 0.05) is 0 Å². The normalized spacial score (nSPS) is 52.7. The lowest BCUT2D eigenvalue weighted by Gasteiger charge is -2.49. The van der Waals surface area contributed by atoms with Crippen LogP contribution in [0.5, 0.6) is 0 Å². The minimum absolute atomic E-state index is 0.687. The van der Waals surface area contributed by atoms with Gasteiger partial charge in [0.1, 0.15) is 0 Å². The lowest BCUT2D eigenvalue weighted by Crippen LogP contribution is -2.40. The lowest BCUT2D eigenvalue weighted by molar-refractivity contribution is 0.00459. The molecule has 21 heavy (non-hydrogen) atoms.